The number of aryl methyl sites for hydroxylation is 1. The number of carbonyl (C=O) groups is 1. The first-order valence-corrected chi connectivity index (χ1v) is 10.4. The van der Waals surface area contributed by atoms with E-state index in [0.717, 1.165) is 52.3 Å². The number of aromatic nitrogens is 2. The summed E-state index contributed by atoms with van der Waals surface area (Å²) in [6.45, 7) is 11.1. The van der Waals surface area contributed by atoms with Crippen LogP contribution in [0, 0.1) is 13.8 Å². The standard InChI is InChI=1S/C23H26ClN3O3/c1-12-16(21(22(28)29)30-23(3,4)5)17(14-6-8-15(24)9-7-14)19-20-18(12)25-10-11-27(20)13(2)26-19/h6-9,21,25H,10-11H2,1-5H3,(H,28,29). The summed E-state index contributed by atoms with van der Waals surface area (Å²) in [6.07, 6.45) is -1.13. The highest BCUT2D eigenvalue weighted by Crippen LogP contribution is 2.45. The van der Waals surface area contributed by atoms with Gasteiger partial charge in [0.25, 0.3) is 0 Å². The van der Waals surface area contributed by atoms with Crippen molar-refractivity contribution in [3.05, 3.63) is 46.2 Å². The van der Waals surface area contributed by atoms with Crippen molar-refractivity contribution in [1.82, 2.24) is 9.55 Å². The Kier molecular flexibility index (Phi) is 5.03. The van der Waals surface area contributed by atoms with Crippen LogP contribution >= 0.6 is 11.6 Å². The number of halogens is 1. The van der Waals surface area contributed by atoms with Crippen molar-refractivity contribution < 1.29 is 14.6 Å². The first kappa shape index (κ1) is 20.7. The van der Waals surface area contributed by atoms with Crippen molar-refractivity contribution in [2.75, 3.05) is 11.9 Å². The van der Waals surface area contributed by atoms with Gasteiger partial charge in [0.1, 0.15) is 5.82 Å². The largest absolute Gasteiger partial charge is 0.479 e. The van der Waals surface area contributed by atoms with Crippen molar-refractivity contribution in [2.45, 2.75) is 52.9 Å². The van der Waals surface area contributed by atoms with E-state index in [1.165, 1.54) is 0 Å². The topological polar surface area (TPSA) is 76.4 Å². The first-order chi connectivity index (χ1) is 14.1. The van der Waals surface area contributed by atoms with E-state index >= 15 is 0 Å². The highest BCUT2D eigenvalue weighted by molar-refractivity contribution is 6.30. The van der Waals surface area contributed by atoms with E-state index in [1.807, 2.05) is 58.9 Å². The number of benzene rings is 2. The second-order valence-electron chi connectivity index (χ2n) is 8.68. The van der Waals surface area contributed by atoms with E-state index in [9.17, 15) is 9.90 Å². The van der Waals surface area contributed by atoms with Crippen LogP contribution in [0.1, 0.15) is 43.8 Å². The van der Waals surface area contributed by atoms with Crippen LogP contribution in [0.5, 0.6) is 0 Å². The predicted molar refractivity (Wildman–Crippen MR) is 119 cm³/mol. The monoisotopic (exact) mass is 427 g/mol. The number of hydrogen-bond acceptors (Lipinski definition) is 4. The van der Waals surface area contributed by atoms with E-state index in [1.54, 1.807) is 0 Å². The van der Waals surface area contributed by atoms with E-state index in [4.69, 9.17) is 21.3 Å². The second kappa shape index (κ2) is 7.29. The Morgan fingerprint density at radius 2 is 1.93 bits per heavy atom. The number of ether oxygens (including phenoxy) is 1. The first-order valence-electron chi connectivity index (χ1n) is 10.0. The van der Waals surface area contributed by atoms with Gasteiger partial charge in [0.15, 0.2) is 6.10 Å². The van der Waals surface area contributed by atoms with E-state index < -0.39 is 17.7 Å². The number of aliphatic carboxylic acids is 1. The average Bonchev–Trinajstić information content (AvgIpc) is 3.00. The molecule has 0 spiro atoms. The third kappa shape index (κ3) is 3.44. The van der Waals surface area contributed by atoms with Gasteiger partial charge < -0.3 is 19.7 Å². The minimum absolute atomic E-state index is 0.620. The number of nitrogens with one attached hydrogen (secondary N) is 1. The molecule has 158 valence electrons. The smallest absolute Gasteiger partial charge is 0.337 e. The van der Waals surface area contributed by atoms with Crippen LogP contribution in [0.2, 0.25) is 5.02 Å². The van der Waals surface area contributed by atoms with Crippen molar-refractivity contribution >= 4 is 34.3 Å². The summed E-state index contributed by atoms with van der Waals surface area (Å²) in [7, 11) is 0. The summed E-state index contributed by atoms with van der Waals surface area (Å²) in [5.41, 5.74) is 5.21. The van der Waals surface area contributed by atoms with Gasteiger partial charge in [-0.3, -0.25) is 0 Å². The number of carboxylic acids is 1. The third-order valence-electron chi connectivity index (χ3n) is 5.41. The quantitative estimate of drug-likeness (QED) is 0.587. The fourth-order valence-electron chi connectivity index (χ4n) is 4.23. The minimum atomic E-state index is -1.13. The minimum Gasteiger partial charge on any atom is -0.479 e. The molecule has 0 bridgehead atoms. The highest BCUT2D eigenvalue weighted by atomic mass is 35.5. The molecule has 0 saturated heterocycles. The summed E-state index contributed by atoms with van der Waals surface area (Å²) in [5.74, 6) is -0.120. The zero-order valence-corrected chi connectivity index (χ0v) is 18.6. The maximum absolute atomic E-state index is 12.4. The van der Waals surface area contributed by atoms with Gasteiger partial charge in [-0.1, -0.05) is 23.7 Å². The van der Waals surface area contributed by atoms with E-state index in [-0.39, 0.29) is 0 Å². The predicted octanol–water partition coefficient (Wildman–Crippen LogP) is 5.34. The van der Waals surface area contributed by atoms with Crippen molar-refractivity contribution in [3.63, 3.8) is 0 Å². The van der Waals surface area contributed by atoms with Crippen molar-refractivity contribution in [1.29, 1.82) is 0 Å². The summed E-state index contributed by atoms with van der Waals surface area (Å²) in [4.78, 5) is 17.3. The Balaban J connectivity index is 2.13. The summed E-state index contributed by atoms with van der Waals surface area (Å²) >= 11 is 6.13. The lowest BCUT2D eigenvalue weighted by Gasteiger charge is -2.30. The molecule has 3 aromatic rings. The van der Waals surface area contributed by atoms with E-state index in [0.29, 0.717) is 10.6 Å². The zero-order chi connectivity index (χ0) is 21.8. The molecule has 4 rings (SSSR count). The van der Waals surface area contributed by atoms with Crippen LogP contribution in [-0.4, -0.2) is 32.8 Å². The Morgan fingerprint density at radius 1 is 1.27 bits per heavy atom. The van der Waals surface area contributed by atoms with Gasteiger partial charge in [0, 0.05) is 29.2 Å². The van der Waals surface area contributed by atoms with E-state index in [2.05, 4.69) is 9.88 Å². The van der Waals surface area contributed by atoms with Crippen LogP contribution in [0.25, 0.3) is 22.2 Å². The van der Waals surface area contributed by atoms with Crippen molar-refractivity contribution in [2.24, 2.45) is 0 Å². The normalized spacial score (nSPS) is 14.6. The SMILES string of the molecule is Cc1c(C(OC(C)(C)C)C(=O)O)c(-c2ccc(Cl)cc2)c2nc(C)n3c2c1NCC3. The Labute approximate surface area is 180 Å². The maximum atomic E-state index is 12.4. The second-order valence-corrected chi connectivity index (χ2v) is 9.12. The van der Waals surface area contributed by atoms with Gasteiger partial charge in [-0.2, -0.15) is 0 Å². The van der Waals surface area contributed by atoms with Crippen molar-refractivity contribution in [3.8, 4) is 11.1 Å². The average molecular weight is 428 g/mol. The maximum Gasteiger partial charge on any atom is 0.337 e. The lowest BCUT2D eigenvalue weighted by Crippen LogP contribution is -2.29. The van der Waals surface area contributed by atoms with Gasteiger partial charge in [-0.05, 0) is 57.9 Å². The molecule has 1 aliphatic rings. The Hall–Kier alpha value is -2.57. The summed E-state index contributed by atoms with van der Waals surface area (Å²) < 4.78 is 8.26. The molecule has 0 fully saturated rings. The lowest BCUT2D eigenvalue weighted by molar-refractivity contribution is -0.160. The molecule has 1 atom stereocenters. The number of anilines is 1. The molecule has 2 N–H and O–H groups in total. The van der Waals surface area contributed by atoms with Gasteiger partial charge in [-0.15, -0.1) is 0 Å². The third-order valence-corrected chi connectivity index (χ3v) is 5.66. The molecule has 0 radical (unpaired) electrons. The zero-order valence-electron chi connectivity index (χ0n) is 17.8. The van der Waals surface area contributed by atoms with Crippen LogP contribution in [0.4, 0.5) is 5.69 Å². The van der Waals surface area contributed by atoms with Crippen LogP contribution < -0.4 is 5.32 Å². The van der Waals surface area contributed by atoms with Crippen LogP contribution in [0.15, 0.2) is 24.3 Å². The van der Waals surface area contributed by atoms with Gasteiger partial charge in [0.2, 0.25) is 0 Å². The molecule has 0 saturated carbocycles. The fourth-order valence-corrected chi connectivity index (χ4v) is 4.35. The molecule has 0 amide bonds. The molecule has 6 nitrogen and oxygen atoms in total. The fraction of sp³-hybridized carbons (Fsp3) is 0.391. The molecule has 1 aromatic heterocycles. The molecule has 0 aliphatic carbocycles. The molecule has 1 aliphatic heterocycles. The highest BCUT2D eigenvalue weighted by Gasteiger charge is 2.35. The van der Waals surface area contributed by atoms with Gasteiger partial charge in [-0.25, -0.2) is 9.78 Å². The number of rotatable bonds is 4. The molecule has 7 heteroatoms. The number of carboxylic acid groups (broad SMARTS) is 1. The molecule has 30 heavy (non-hydrogen) atoms. The Bertz CT molecular complexity index is 1140. The van der Waals surface area contributed by atoms with Crippen LogP contribution in [-0.2, 0) is 16.1 Å². The molecule has 2 aromatic carbocycles. The number of imidazole rings is 1. The summed E-state index contributed by atoms with van der Waals surface area (Å²) in [5, 5.41) is 14.2. The molecular formula is C23H26ClN3O3. The lowest BCUT2D eigenvalue weighted by atomic mass is 9.88. The molecule has 1 unspecified atom stereocenters. The van der Waals surface area contributed by atoms with Gasteiger partial charge >= 0.3 is 5.97 Å². The molecular weight excluding hydrogens is 402 g/mol. The number of nitrogens with zero attached hydrogens (tertiary/aromatic N) is 2. The summed E-state index contributed by atoms with van der Waals surface area (Å²) in [6, 6.07) is 7.43. The number of hydrogen-bond donors (Lipinski definition) is 2. The molecule has 2 heterocycles. The Morgan fingerprint density at radius 3 is 2.53 bits per heavy atom. The van der Waals surface area contributed by atoms with Crippen LogP contribution in [0.3, 0.4) is 0 Å². The van der Waals surface area contributed by atoms with Gasteiger partial charge in [0.05, 0.1) is 22.3 Å².